The van der Waals surface area contributed by atoms with Gasteiger partial charge in [0.2, 0.25) is 0 Å². The molecule has 11 nitrogen and oxygen atoms in total. The van der Waals surface area contributed by atoms with Crippen LogP contribution in [0.5, 0.6) is 17.4 Å². The summed E-state index contributed by atoms with van der Waals surface area (Å²) >= 11 is 0. The van der Waals surface area contributed by atoms with Crippen molar-refractivity contribution in [2.24, 2.45) is 0 Å². The van der Waals surface area contributed by atoms with Crippen LogP contribution in [0.4, 0.5) is 4.79 Å². The van der Waals surface area contributed by atoms with E-state index in [-0.39, 0.29) is 46.5 Å². The zero-order valence-electron chi connectivity index (χ0n) is 18.2. The molecule has 0 aliphatic carbocycles. The number of hydrogen-bond acceptors (Lipinski definition) is 10. The topological polar surface area (TPSA) is 152 Å². The van der Waals surface area contributed by atoms with E-state index in [1.165, 1.54) is 37.5 Å². The Balaban J connectivity index is 1.54. The molecule has 2 aromatic carbocycles. The Bertz CT molecular complexity index is 1510. The molecule has 11 heteroatoms. The summed E-state index contributed by atoms with van der Waals surface area (Å²) in [6, 6.07) is 11.5. The summed E-state index contributed by atoms with van der Waals surface area (Å²) in [7, 11) is 0. The van der Waals surface area contributed by atoms with E-state index < -0.39 is 29.6 Å². The van der Waals surface area contributed by atoms with E-state index >= 15 is 0 Å². The van der Waals surface area contributed by atoms with Crippen LogP contribution in [-0.4, -0.2) is 36.5 Å². The van der Waals surface area contributed by atoms with Crippen molar-refractivity contribution >= 4 is 34.1 Å². The molecule has 0 aliphatic rings. The molecule has 4 rings (SSSR count). The summed E-state index contributed by atoms with van der Waals surface area (Å²) in [6.45, 7) is 0.851. The lowest BCUT2D eigenvalue weighted by Crippen LogP contribution is -2.30. The highest BCUT2D eigenvalue weighted by Gasteiger charge is 2.19. The second-order valence-electron chi connectivity index (χ2n) is 7.19. The quantitative estimate of drug-likeness (QED) is 0.368. The predicted molar refractivity (Wildman–Crippen MR) is 120 cm³/mol. The van der Waals surface area contributed by atoms with Gasteiger partial charge in [-0.15, -0.1) is 0 Å². The zero-order valence-corrected chi connectivity index (χ0v) is 18.2. The first-order chi connectivity index (χ1) is 16.8. The third kappa shape index (κ3) is 5.41. The van der Waals surface area contributed by atoms with E-state index in [0.29, 0.717) is 5.58 Å². The Morgan fingerprint density at radius 3 is 2.17 bits per heavy atom. The number of carbonyl (C=O) groups excluding carboxylic acids is 1. The Morgan fingerprint density at radius 2 is 1.54 bits per heavy atom. The maximum atomic E-state index is 12.5. The number of rotatable bonds is 8. The van der Waals surface area contributed by atoms with Gasteiger partial charge in [-0.1, -0.05) is 12.1 Å². The van der Waals surface area contributed by atoms with Crippen LogP contribution >= 0.6 is 0 Å². The summed E-state index contributed by atoms with van der Waals surface area (Å²) in [5.74, 6) is -0.725. The monoisotopic (exact) mass is 482 g/mol. The van der Waals surface area contributed by atoms with Gasteiger partial charge in [-0.2, -0.15) is 0 Å². The summed E-state index contributed by atoms with van der Waals surface area (Å²) in [6.07, 6.45) is -1.26. The van der Waals surface area contributed by atoms with Gasteiger partial charge < -0.3 is 32.9 Å². The van der Waals surface area contributed by atoms with E-state index in [1.807, 2.05) is 0 Å². The fraction of sp³-hybridized carbons (Fsp3) is 0.167. The molecule has 0 aliphatic heterocycles. The third-order valence-electron chi connectivity index (χ3n) is 4.71. The second kappa shape index (κ2) is 10.00. The van der Waals surface area contributed by atoms with Crippen LogP contribution < -0.4 is 25.1 Å². The first-order valence-corrected chi connectivity index (χ1v) is 10.2. The number of hydrogen-bond donors (Lipinski definition) is 1. The maximum absolute atomic E-state index is 12.5. The molecule has 1 unspecified atom stereocenters. The lowest BCUT2D eigenvalue weighted by molar-refractivity contribution is -0.149. The Hall–Kier alpha value is -4.80. The molecule has 0 bridgehead atoms. The maximum Gasteiger partial charge on any atom is 0.513 e. The van der Waals surface area contributed by atoms with Gasteiger partial charge in [0.05, 0.1) is 12.3 Å². The molecule has 2 heterocycles. The lowest BCUT2D eigenvalue weighted by atomic mass is 10.2. The highest BCUT2D eigenvalue weighted by molar-refractivity contribution is 5.84. The first kappa shape index (κ1) is 23.4. The van der Waals surface area contributed by atoms with Crippen molar-refractivity contribution in [2.45, 2.75) is 13.0 Å². The smallest absolute Gasteiger partial charge is 0.489 e. The van der Waals surface area contributed by atoms with Crippen LogP contribution in [-0.2, 0) is 9.53 Å². The molecule has 0 radical (unpaired) electrons. The minimum absolute atomic E-state index is 0.0361. The van der Waals surface area contributed by atoms with Gasteiger partial charge in [0.15, 0.2) is 17.0 Å². The summed E-state index contributed by atoms with van der Waals surface area (Å²) in [4.78, 5) is 47.1. The number of esters is 1. The van der Waals surface area contributed by atoms with Crippen molar-refractivity contribution in [1.82, 2.24) is 0 Å². The Kier molecular flexibility index (Phi) is 6.67. The lowest BCUT2D eigenvalue weighted by Gasteiger charge is -2.19. The number of benzene rings is 2. The van der Waals surface area contributed by atoms with Crippen molar-refractivity contribution in [1.29, 1.82) is 0 Å². The molecule has 2 aromatic heterocycles. The van der Waals surface area contributed by atoms with E-state index in [2.05, 4.69) is 4.74 Å². The minimum atomic E-state index is -1.63. The van der Waals surface area contributed by atoms with E-state index in [4.69, 9.17) is 28.2 Å². The van der Waals surface area contributed by atoms with E-state index in [1.54, 1.807) is 18.2 Å². The van der Waals surface area contributed by atoms with Gasteiger partial charge in [-0.25, -0.2) is 4.79 Å². The molecule has 1 N–H and O–H groups in total. The zero-order chi connectivity index (χ0) is 24.9. The largest absolute Gasteiger partial charge is 0.513 e. The van der Waals surface area contributed by atoms with Crippen LogP contribution in [0, 0.1) is 0 Å². The fourth-order valence-corrected chi connectivity index (χ4v) is 3.35. The van der Waals surface area contributed by atoms with Crippen molar-refractivity contribution in [3.8, 4) is 17.4 Å². The molecule has 0 saturated heterocycles. The first-order valence-electron chi connectivity index (χ1n) is 10.2. The SMILES string of the molecule is CC(=O)OC(COc1cccc2occc(=O)c12)COc1cccc2oc(OC(=O)O)cc(=O)c12. The van der Waals surface area contributed by atoms with E-state index in [0.717, 1.165) is 6.07 Å². The molecule has 0 spiro atoms. The normalized spacial score (nSPS) is 11.7. The van der Waals surface area contributed by atoms with Gasteiger partial charge >= 0.3 is 12.1 Å². The Morgan fingerprint density at radius 1 is 0.914 bits per heavy atom. The standard InChI is InChI=1S/C24H18O11/c1-13(25)33-14(11-31-18-5-2-4-17-22(18)15(26)8-9-30-17)12-32-19-6-3-7-20-23(19)16(27)10-21(34-20)35-24(28)29/h2-10,14H,11-12H2,1H3,(H,28,29). The average Bonchev–Trinajstić information content (AvgIpc) is 2.80. The molecule has 35 heavy (non-hydrogen) atoms. The van der Waals surface area contributed by atoms with Gasteiger partial charge in [-0.3, -0.25) is 14.4 Å². The molecule has 0 fully saturated rings. The summed E-state index contributed by atoms with van der Waals surface area (Å²) in [5.41, 5.74) is -0.519. The minimum Gasteiger partial charge on any atom is -0.489 e. The number of ether oxygens (including phenoxy) is 4. The second-order valence-corrected chi connectivity index (χ2v) is 7.19. The Labute approximate surface area is 196 Å². The molecular weight excluding hydrogens is 464 g/mol. The molecule has 180 valence electrons. The molecule has 0 saturated carbocycles. The predicted octanol–water partition coefficient (Wildman–Crippen LogP) is 3.35. The van der Waals surface area contributed by atoms with Gasteiger partial charge in [0.25, 0.3) is 5.95 Å². The number of carbonyl (C=O) groups is 2. The molecule has 1 atom stereocenters. The van der Waals surface area contributed by atoms with E-state index in [9.17, 15) is 19.2 Å². The van der Waals surface area contributed by atoms with Crippen molar-refractivity contribution in [3.05, 3.63) is 75.2 Å². The summed E-state index contributed by atoms with van der Waals surface area (Å²) in [5, 5.41) is 9.00. The third-order valence-corrected chi connectivity index (χ3v) is 4.71. The van der Waals surface area contributed by atoms with Crippen LogP contribution in [0.3, 0.4) is 0 Å². The van der Waals surface area contributed by atoms with Crippen molar-refractivity contribution in [3.63, 3.8) is 0 Å². The van der Waals surface area contributed by atoms with Crippen LogP contribution in [0.2, 0.25) is 0 Å². The van der Waals surface area contributed by atoms with Crippen molar-refractivity contribution < 1.29 is 42.5 Å². The van der Waals surface area contributed by atoms with Crippen molar-refractivity contribution in [2.75, 3.05) is 13.2 Å². The van der Waals surface area contributed by atoms with Gasteiger partial charge in [0, 0.05) is 13.0 Å². The molecule has 0 amide bonds. The average molecular weight is 482 g/mol. The number of carboxylic acid groups (broad SMARTS) is 1. The van der Waals surface area contributed by atoms with Gasteiger partial charge in [-0.05, 0) is 24.3 Å². The molecule has 4 aromatic rings. The van der Waals surface area contributed by atoms with Crippen LogP contribution in [0.1, 0.15) is 6.92 Å². The summed E-state index contributed by atoms with van der Waals surface area (Å²) < 4.78 is 31.8. The van der Waals surface area contributed by atoms with Gasteiger partial charge in [0.1, 0.15) is 46.7 Å². The van der Waals surface area contributed by atoms with Crippen LogP contribution in [0.15, 0.2) is 73.2 Å². The highest BCUT2D eigenvalue weighted by atomic mass is 16.7. The number of fused-ring (bicyclic) bond motifs is 2. The molecular formula is C24H18O11. The fourth-order valence-electron chi connectivity index (χ4n) is 3.35. The van der Waals surface area contributed by atoms with Crippen LogP contribution in [0.25, 0.3) is 21.9 Å². The highest BCUT2D eigenvalue weighted by Crippen LogP contribution is 2.26.